The predicted molar refractivity (Wildman–Crippen MR) is 395 cm³/mol. The Bertz CT molecular complexity index is 5880. The summed E-state index contributed by atoms with van der Waals surface area (Å²) >= 11 is 0. The highest BCUT2D eigenvalue weighted by atomic mass is 15.2. The molecule has 0 aromatic heterocycles. The quantitative estimate of drug-likeness (QED) is 0.119. The van der Waals surface area contributed by atoms with Gasteiger partial charge in [0.05, 0.1) is 33.6 Å². The van der Waals surface area contributed by atoms with Gasteiger partial charge in [0, 0.05) is 33.1 Å². The molecule has 17 aromatic rings. The molecule has 2 aliphatic carbocycles. The molecule has 19 rings (SSSR count). The lowest BCUT2D eigenvalue weighted by molar-refractivity contribution is 0.437. The van der Waals surface area contributed by atoms with Crippen molar-refractivity contribution in [3.05, 3.63) is 373 Å². The summed E-state index contributed by atoms with van der Waals surface area (Å²) in [5.41, 5.74) is 18.9. The van der Waals surface area contributed by atoms with Crippen LogP contribution in [0.5, 0.6) is 0 Å². The minimum Gasteiger partial charge on any atom is -0.309 e. The van der Waals surface area contributed by atoms with Crippen molar-refractivity contribution in [3.8, 4) is 22.3 Å². The van der Waals surface area contributed by atoms with Crippen LogP contribution in [0.4, 0.5) is 34.1 Å². The zero-order valence-electron chi connectivity index (χ0n) is 51.4. The largest absolute Gasteiger partial charge is 0.309 e. The van der Waals surface area contributed by atoms with Gasteiger partial charge in [-0.3, -0.25) is 0 Å². The second kappa shape index (κ2) is 20.3. The van der Waals surface area contributed by atoms with Crippen molar-refractivity contribution < 1.29 is 0 Å². The average Bonchev–Trinajstić information content (AvgIpc) is 1.49. The second-order valence-corrected chi connectivity index (χ2v) is 25.3. The van der Waals surface area contributed by atoms with Gasteiger partial charge in [0.1, 0.15) is 0 Å². The molecule has 17 aromatic carbocycles. The standard InChI is InChI=1S/C91H60N2/c1-3-25-69-68(4-2)88-72-40-19-21-42-76(72)90(64-30-9-5-10-31-64,78(88)56-82(69)92(66-34-13-7-14-35-66)80-54-50-62-46-44-58-26-23-28-60-48-52-74(80)86(62)84(58)60)91(65-32-11-6-12-33-65)77-43-22-20-41-73(77)89-71-39-18-17-38-70(71)83(57-79(89)91)93(67-36-15-8-16-37-67)81-55-51-63-47-45-59-27-24-29-61-49-53-75(81)87(63)85(59)61/h3-57H,2H2,1H3/b25-3-. The first kappa shape index (κ1) is 53.0. The lowest BCUT2D eigenvalue weighted by Crippen LogP contribution is -2.50. The van der Waals surface area contributed by atoms with Crippen molar-refractivity contribution in [1.82, 2.24) is 0 Å². The zero-order valence-corrected chi connectivity index (χ0v) is 51.4. The normalized spacial score (nSPS) is 15.7. The first-order chi connectivity index (χ1) is 46.1. The Morgan fingerprint density at radius 2 is 0.677 bits per heavy atom. The molecular formula is C91H60N2. The van der Waals surface area contributed by atoms with Gasteiger partial charge in [0.25, 0.3) is 0 Å². The Morgan fingerprint density at radius 3 is 1.17 bits per heavy atom. The van der Waals surface area contributed by atoms with Crippen molar-refractivity contribution in [2.24, 2.45) is 0 Å². The minimum atomic E-state index is -0.987. The second-order valence-electron chi connectivity index (χ2n) is 25.3. The summed E-state index contributed by atoms with van der Waals surface area (Å²) in [7, 11) is 0. The van der Waals surface area contributed by atoms with Gasteiger partial charge in [-0.15, -0.1) is 0 Å². The summed E-state index contributed by atoms with van der Waals surface area (Å²) in [6, 6.07) is 120. The van der Waals surface area contributed by atoms with E-state index < -0.39 is 10.8 Å². The van der Waals surface area contributed by atoms with E-state index in [0.717, 1.165) is 45.3 Å². The molecule has 0 radical (unpaired) electrons. The van der Waals surface area contributed by atoms with Gasteiger partial charge in [-0.1, -0.05) is 292 Å². The molecule has 434 valence electrons. The van der Waals surface area contributed by atoms with Crippen LogP contribution < -0.4 is 9.80 Å². The Balaban J connectivity index is 0.995. The van der Waals surface area contributed by atoms with Crippen LogP contribution in [0.15, 0.2) is 328 Å². The number of rotatable bonds is 11. The molecular weight excluding hydrogens is 1120 g/mol. The fourth-order valence-corrected chi connectivity index (χ4v) is 17.5. The van der Waals surface area contributed by atoms with Crippen LogP contribution in [0.2, 0.25) is 0 Å². The van der Waals surface area contributed by atoms with E-state index in [1.165, 1.54) is 131 Å². The lowest BCUT2D eigenvalue weighted by atomic mass is 9.49. The molecule has 0 aliphatic heterocycles. The van der Waals surface area contributed by atoms with Crippen molar-refractivity contribution in [2.75, 3.05) is 9.80 Å². The molecule has 93 heavy (non-hydrogen) atoms. The van der Waals surface area contributed by atoms with Gasteiger partial charge >= 0.3 is 0 Å². The lowest BCUT2D eigenvalue weighted by Gasteiger charge is -2.51. The highest BCUT2D eigenvalue weighted by Gasteiger charge is 2.65. The van der Waals surface area contributed by atoms with Crippen molar-refractivity contribution in [1.29, 1.82) is 0 Å². The summed E-state index contributed by atoms with van der Waals surface area (Å²) in [5, 5.41) is 17.3. The van der Waals surface area contributed by atoms with Gasteiger partial charge in [0.15, 0.2) is 0 Å². The monoisotopic (exact) mass is 1180 g/mol. The molecule has 0 bridgehead atoms. The van der Waals surface area contributed by atoms with E-state index in [-0.39, 0.29) is 0 Å². The maximum absolute atomic E-state index is 4.85. The number of anilines is 6. The van der Waals surface area contributed by atoms with Gasteiger partial charge in [-0.05, 0) is 176 Å². The van der Waals surface area contributed by atoms with Gasteiger partial charge < -0.3 is 9.80 Å². The van der Waals surface area contributed by atoms with E-state index >= 15 is 0 Å². The molecule has 2 atom stereocenters. The molecule has 0 saturated heterocycles. The predicted octanol–water partition coefficient (Wildman–Crippen LogP) is 24.6. The fraction of sp³-hybridized carbons (Fsp3) is 0.0330. The van der Waals surface area contributed by atoms with Crippen LogP contribution in [0.3, 0.4) is 0 Å². The first-order valence-corrected chi connectivity index (χ1v) is 32.5. The molecule has 0 fully saturated rings. The van der Waals surface area contributed by atoms with E-state index in [9.17, 15) is 0 Å². The third kappa shape index (κ3) is 7.18. The zero-order chi connectivity index (χ0) is 61.5. The van der Waals surface area contributed by atoms with E-state index in [4.69, 9.17) is 6.58 Å². The first-order valence-electron chi connectivity index (χ1n) is 32.5. The fourth-order valence-electron chi connectivity index (χ4n) is 17.5. The summed E-state index contributed by atoms with van der Waals surface area (Å²) in [5.74, 6) is 0. The molecule has 0 heterocycles. The third-order valence-corrected chi connectivity index (χ3v) is 20.9. The highest BCUT2D eigenvalue weighted by Crippen LogP contribution is 2.72. The van der Waals surface area contributed by atoms with Crippen LogP contribution in [-0.2, 0) is 10.8 Å². The summed E-state index contributed by atoms with van der Waals surface area (Å²) in [4.78, 5) is 5.13. The van der Waals surface area contributed by atoms with Crippen LogP contribution in [0.25, 0.3) is 110 Å². The van der Waals surface area contributed by atoms with Crippen LogP contribution in [0, 0.1) is 0 Å². The average molecular weight is 1180 g/mol. The minimum absolute atomic E-state index is 0.977. The van der Waals surface area contributed by atoms with Crippen molar-refractivity contribution in [2.45, 2.75) is 17.8 Å². The molecule has 2 heteroatoms. The summed E-state index contributed by atoms with van der Waals surface area (Å²) in [6.45, 7) is 7.00. The van der Waals surface area contributed by atoms with E-state index in [0.29, 0.717) is 0 Å². The smallest absolute Gasteiger partial charge is 0.0642 e. The molecule has 2 aliphatic rings. The topological polar surface area (TPSA) is 6.48 Å². The van der Waals surface area contributed by atoms with Crippen molar-refractivity contribution >= 4 is 122 Å². The van der Waals surface area contributed by atoms with Crippen LogP contribution >= 0.6 is 0 Å². The molecule has 2 nitrogen and oxygen atoms in total. The van der Waals surface area contributed by atoms with Crippen molar-refractivity contribution in [3.63, 3.8) is 0 Å². The number of fused-ring (bicyclic) bond motifs is 8. The third-order valence-electron chi connectivity index (χ3n) is 20.9. The number of para-hydroxylation sites is 2. The number of hydrogen-bond acceptors (Lipinski definition) is 2. The molecule has 0 saturated carbocycles. The molecule has 2 unspecified atom stereocenters. The Labute approximate surface area is 540 Å². The van der Waals surface area contributed by atoms with Gasteiger partial charge in [0.2, 0.25) is 0 Å². The van der Waals surface area contributed by atoms with Crippen LogP contribution in [-0.4, -0.2) is 0 Å². The van der Waals surface area contributed by atoms with E-state index in [1.807, 2.05) is 0 Å². The molecule has 0 spiro atoms. The summed E-state index contributed by atoms with van der Waals surface area (Å²) < 4.78 is 0. The molecule has 0 N–H and O–H groups in total. The Morgan fingerprint density at radius 1 is 0.290 bits per heavy atom. The van der Waals surface area contributed by atoms with E-state index in [1.54, 1.807) is 0 Å². The molecule has 0 amide bonds. The Hall–Kier alpha value is -11.8. The summed E-state index contributed by atoms with van der Waals surface area (Å²) in [6.07, 6.45) is 6.68. The maximum atomic E-state index is 4.85. The number of nitrogens with zero attached hydrogens (tertiary/aromatic N) is 2. The van der Waals surface area contributed by atoms with Crippen LogP contribution in [0.1, 0.15) is 51.4 Å². The van der Waals surface area contributed by atoms with E-state index in [2.05, 4.69) is 350 Å². The van der Waals surface area contributed by atoms with Gasteiger partial charge in [-0.2, -0.15) is 0 Å². The maximum Gasteiger partial charge on any atom is 0.0642 e. The number of allylic oxidation sites excluding steroid dienone is 1. The Kier molecular flexibility index (Phi) is 11.6. The SMILES string of the molecule is C=Cc1c(/C=C\C)c(N(c2ccccc2)c2ccc3ccc4cccc5ccc2c3c45)cc2c1-c1ccccc1C2(c1ccccc1)C1(c2ccccc2)c2ccccc2-c2c1cc(N(c1ccccc1)c1ccc3ccc4cccc5ccc1c3c45)c1ccccc21. The number of hydrogen-bond donors (Lipinski definition) is 0. The highest BCUT2D eigenvalue weighted by molar-refractivity contribution is 6.28. The number of benzene rings is 17. The van der Waals surface area contributed by atoms with Gasteiger partial charge in [-0.25, -0.2) is 0 Å².